The maximum Gasteiger partial charge on any atom is 0.228 e. The third-order valence-electron chi connectivity index (χ3n) is 7.20. The minimum Gasteiger partial charge on any atom is -0.376 e. The largest absolute Gasteiger partial charge is 0.376 e. The zero-order chi connectivity index (χ0) is 23.7. The number of nitrogens with zero attached hydrogens (tertiary/aromatic N) is 3. The van der Waals surface area contributed by atoms with E-state index in [9.17, 15) is 17.6 Å². The lowest BCUT2D eigenvalue weighted by atomic mass is 10.1. The van der Waals surface area contributed by atoms with Crippen molar-refractivity contribution in [2.45, 2.75) is 87.5 Å². The molecule has 2 heterocycles. The lowest BCUT2D eigenvalue weighted by Gasteiger charge is -2.26. The van der Waals surface area contributed by atoms with Gasteiger partial charge in [0, 0.05) is 24.1 Å². The Kier molecular flexibility index (Phi) is 6.75. The summed E-state index contributed by atoms with van der Waals surface area (Å²) in [7, 11) is -3.91. The number of sulfone groups is 1. The van der Waals surface area contributed by atoms with Crippen LogP contribution in [0.5, 0.6) is 0 Å². The molecular formula is C25H32FN3O4S. The van der Waals surface area contributed by atoms with Crippen molar-refractivity contribution in [3.8, 4) is 0 Å². The summed E-state index contributed by atoms with van der Waals surface area (Å²) in [6.45, 7) is 1.35. The molecule has 3 fully saturated rings. The fraction of sp³-hybridized carbons (Fsp3) is 0.600. The van der Waals surface area contributed by atoms with Crippen molar-refractivity contribution in [3.05, 3.63) is 47.5 Å². The van der Waals surface area contributed by atoms with Gasteiger partial charge in [0.2, 0.25) is 20.9 Å². The standard InChI is InChI=1S/C25H32FN3O4S/c26-23-10-4-3-8-19(23)17-34(31,32)25-27-14-21(29(25)16-22-9-5-13-33-22)15-28(20-11-12-20)24(30)18-6-1-2-7-18/h3-4,8,10,14,18,20,22H,1-2,5-7,9,11-13,15-17H2/t22-/m1/s1. The van der Waals surface area contributed by atoms with Crippen LogP contribution >= 0.6 is 0 Å². The second-order valence-corrected chi connectivity index (χ2v) is 11.7. The number of amides is 1. The Balaban J connectivity index is 1.45. The van der Waals surface area contributed by atoms with Gasteiger partial charge in [-0.1, -0.05) is 31.0 Å². The van der Waals surface area contributed by atoms with Gasteiger partial charge in [0.25, 0.3) is 0 Å². The lowest BCUT2D eigenvalue weighted by molar-refractivity contribution is -0.136. The van der Waals surface area contributed by atoms with Crippen LogP contribution in [-0.2, 0) is 38.2 Å². The average molecular weight is 490 g/mol. The molecule has 1 atom stereocenters. The SMILES string of the molecule is O=C(C1CCCC1)N(Cc1cnc(S(=O)(=O)Cc2ccccc2F)n1C[C@H]1CCCO1)C1CC1. The van der Waals surface area contributed by atoms with Crippen molar-refractivity contribution in [3.63, 3.8) is 0 Å². The van der Waals surface area contributed by atoms with Crippen molar-refractivity contribution in [1.29, 1.82) is 0 Å². The molecule has 1 amide bonds. The van der Waals surface area contributed by atoms with E-state index in [1.54, 1.807) is 16.8 Å². The normalized spacial score (nSPS) is 21.3. The summed E-state index contributed by atoms with van der Waals surface area (Å²) in [5.41, 5.74) is 0.813. The highest BCUT2D eigenvalue weighted by molar-refractivity contribution is 7.90. The minimum atomic E-state index is -3.91. The maximum atomic E-state index is 14.2. The summed E-state index contributed by atoms with van der Waals surface area (Å²) in [4.78, 5) is 19.5. The molecule has 1 aromatic carbocycles. The molecule has 0 spiro atoms. The van der Waals surface area contributed by atoms with E-state index in [0.717, 1.165) is 51.4 Å². The zero-order valence-corrected chi connectivity index (χ0v) is 20.2. The molecule has 34 heavy (non-hydrogen) atoms. The van der Waals surface area contributed by atoms with E-state index in [1.807, 2.05) is 4.90 Å². The highest BCUT2D eigenvalue weighted by Crippen LogP contribution is 2.34. The Bertz CT molecular complexity index is 1130. The average Bonchev–Trinajstić information content (AvgIpc) is 3.22. The Labute approximate surface area is 200 Å². The van der Waals surface area contributed by atoms with E-state index in [4.69, 9.17) is 4.74 Å². The predicted octanol–water partition coefficient (Wildman–Crippen LogP) is 3.86. The molecule has 1 aliphatic heterocycles. The van der Waals surface area contributed by atoms with Gasteiger partial charge in [-0.15, -0.1) is 0 Å². The molecule has 2 saturated carbocycles. The molecule has 184 valence electrons. The minimum absolute atomic E-state index is 0.0689. The summed E-state index contributed by atoms with van der Waals surface area (Å²) in [6, 6.07) is 6.13. The van der Waals surface area contributed by atoms with Gasteiger partial charge in [0.05, 0.1) is 36.8 Å². The second-order valence-electron chi connectivity index (χ2n) is 9.81. The molecule has 5 rings (SSSR count). The van der Waals surface area contributed by atoms with Crippen molar-refractivity contribution in [2.75, 3.05) is 6.61 Å². The number of carbonyl (C=O) groups is 1. The maximum absolute atomic E-state index is 14.2. The van der Waals surface area contributed by atoms with E-state index in [1.165, 1.54) is 18.2 Å². The molecule has 7 nitrogen and oxygen atoms in total. The molecule has 1 aromatic heterocycles. The molecule has 2 aliphatic carbocycles. The fourth-order valence-electron chi connectivity index (χ4n) is 5.19. The quantitative estimate of drug-likeness (QED) is 0.534. The molecule has 0 N–H and O–H groups in total. The van der Waals surface area contributed by atoms with Crippen LogP contribution in [-0.4, -0.2) is 47.5 Å². The number of halogens is 1. The molecule has 2 aromatic rings. The number of benzene rings is 1. The summed E-state index contributed by atoms with van der Waals surface area (Å²) in [6.07, 6.45) is 9.25. The van der Waals surface area contributed by atoms with Crippen molar-refractivity contribution in [1.82, 2.24) is 14.5 Å². The second kappa shape index (κ2) is 9.77. The van der Waals surface area contributed by atoms with Gasteiger partial charge in [-0.3, -0.25) is 4.79 Å². The molecule has 0 radical (unpaired) electrons. The first-order valence-corrected chi connectivity index (χ1v) is 14.0. The summed E-state index contributed by atoms with van der Waals surface area (Å²) < 4.78 is 48.4. The number of rotatable bonds is 9. The third-order valence-corrected chi connectivity index (χ3v) is 8.77. The van der Waals surface area contributed by atoms with Crippen molar-refractivity contribution in [2.24, 2.45) is 5.92 Å². The van der Waals surface area contributed by atoms with Gasteiger partial charge >= 0.3 is 0 Å². The fourth-order valence-corrected chi connectivity index (χ4v) is 6.71. The highest BCUT2D eigenvalue weighted by Gasteiger charge is 2.38. The number of imidazole rings is 1. The molecule has 9 heteroatoms. The molecule has 3 aliphatic rings. The predicted molar refractivity (Wildman–Crippen MR) is 124 cm³/mol. The van der Waals surface area contributed by atoms with Crippen LogP contribution in [0.2, 0.25) is 0 Å². The summed E-state index contributed by atoms with van der Waals surface area (Å²) in [5, 5.41) is -0.0784. The number of hydrogen-bond acceptors (Lipinski definition) is 5. The molecule has 1 saturated heterocycles. The first-order valence-electron chi connectivity index (χ1n) is 12.3. The molecule has 0 unspecified atom stereocenters. The molecular weight excluding hydrogens is 457 g/mol. The number of hydrogen-bond donors (Lipinski definition) is 0. The Morgan fingerprint density at radius 1 is 1.12 bits per heavy atom. The van der Waals surface area contributed by atoms with Crippen LogP contribution < -0.4 is 0 Å². The van der Waals surface area contributed by atoms with E-state index in [0.29, 0.717) is 25.4 Å². The van der Waals surface area contributed by atoms with E-state index in [-0.39, 0.29) is 34.7 Å². The monoisotopic (exact) mass is 489 g/mol. The van der Waals surface area contributed by atoms with Crippen LogP contribution in [0, 0.1) is 11.7 Å². The Hall–Kier alpha value is -2.26. The first-order chi connectivity index (χ1) is 16.4. The van der Waals surface area contributed by atoms with Crippen LogP contribution in [0.3, 0.4) is 0 Å². The van der Waals surface area contributed by atoms with Gasteiger partial charge in [-0.05, 0) is 44.6 Å². The van der Waals surface area contributed by atoms with E-state index in [2.05, 4.69) is 4.98 Å². The highest BCUT2D eigenvalue weighted by atomic mass is 32.2. The van der Waals surface area contributed by atoms with Crippen LogP contribution in [0.25, 0.3) is 0 Å². The van der Waals surface area contributed by atoms with Crippen molar-refractivity contribution >= 4 is 15.7 Å². The zero-order valence-electron chi connectivity index (χ0n) is 19.4. The Morgan fingerprint density at radius 2 is 1.88 bits per heavy atom. The number of carbonyl (C=O) groups excluding carboxylic acids is 1. The summed E-state index contributed by atoms with van der Waals surface area (Å²) in [5.74, 6) is -0.764. The van der Waals surface area contributed by atoms with Crippen LogP contribution in [0.4, 0.5) is 4.39 Å². The van der Waals surface area contributed by atoms with Gasteiger partial charge in [-0.2, -0.15) is 0 Å². The van der Waals surface area contributed by atoms with Crippen LogP contribution in [0.1, 0.15) is 62.6 Å². The van der Waals surface area contributed by atoms with Gasteiger partial charge < -0.3 is 14.2 Å². The van der Waals surface area contributed by atoms with Crippen molar-refractivity contribution < 1.29 is 22.3 Å². The Morgan fingerprint density at radius 3 is 2.56 bits per heavy atom. The smallest absolute Gasteiger partial charge is 0.228 e. The molecule has 0 bridgehead atoms. The number of ether oxygens (including phenoxy) is 1. The van der Waals surface area contributed by atoms with Crippen LogP contribution in [0.15, 0.2) is 35.6 Å². The van der Waals surface area contributed by atoms with Gasteiger partial charge in [-0.25, -0.2) is 17.8 Å². The summed E-state index contributed by atoms with van der Waals surface area (Å²) >= 11 is 0. The van der Waals surface area contributed by atoms with E-state index >= 15 is 0 Å². The topological polar surface area (TPSA) is 81.5 Å². The van der Waals surface area contributed by atoms with Gasteiger partial charge in [0.15, 0.2) is 0 Å². The number of aromatic nitrogens is 2. The lowest BCUT2D eigenvalue weighted by Crippen LogP contribution is -2.37. The van der Waals surface area contributed by atoms with E-state index < -0.39 is 21.4 Å². The van der Waals surface area contributed by atoms with Gasteiger partial charge in [0.1, 0.15) is 5.82 Å². The first kappa shape index (κ1) is 23.5. The third kappa shape index (κ3) is 5.05.